The fourth-order valence-electron chi connectivity index (χ4n) is 2.84. The minimum Gasteiger partial charge on any atom is -0.444 e. The topological polar surface area (TPSA) is 49.5 Å². The predicted octanol–water partition coefficient (Wildman–Crippen LogP) is 2.69. The van der Waals surface area contributed by atoms with Gasteiger partial charge in [-0.15, -0.1) is 0 Å². The number of likely N-dealkylation sites (tertiary alicyclic amines) is 1. The van der Waals surface area contributed by atoms with Crippen molar-refractivity contribution < 1.29 is 13.9 Å². The maximum absolute atomic E-state index is 13.2. The van der Waals surface area contributed by atoms with E-state index in [1.165, 1.54) is 12.1 Å². The van der Waals surface area contributed by atoms with Gasteiger partial charge in [-0.1, -0.05) is 6.07 Å². The molecule has 0 spiro atoms. The average molecular weight is 290 g/mol. The van der Waals surface area contributed by atoms with E-state index in [2.05, 4.69) is 9.88 Å². The number of halogens is 1. The first-order valence-corrected chi connectivity index (χ1v) is 7.28. The van der Waals surface area contributed by atoms with Crippen LogP contribution in [0.25, 0.3) is 11.5 Å². The van der Waals surface area contributed by atoms with Crippen molar-refractivity contribution in [1.29, 1.82) is 0 Å². The maximum atomic E-state index is 13.2. The summed E-state index contributed by atoms with van der Waals surface area (Å²) in [5.41, 5.74) is 1.51. The van der Waals surface area contributed by atoms with Crippen molar-refractivity contribution in [3.8, 4) is 11.5 Å². The number of hydrogen-bond donors (Lipinski definition) is 1. The predicted molar refractivity (Wildman–Crippen MR) is 77.0 cm³/mol. The Morgan fingerprint density at radius 2 is 2.33 bits per heavy atom. The van der Waals surface area contributed by atoms with E-state index in [1.54, 1.807) is 18.4 Å². The summed E-state index contributed by atoms with van der Waals surface area (Å²) < 4.78 is 18.7. The van der Waals surface area contributed by atoms with Crippen molar-refractivity contribution in [3.63, 3.8) is 0 Å². The minimum absolute atomic E-state index is 0.256. The van der Waals surface area contributed by atoms with Crippen molar-refractivity contribution in [2.24, 2.45) is 5.92 Å². The second kappa shape index (κ2) is 6.37. The number of rotatable bonds is 5. The summed E-state index contributed by atoms with van der Waals surface area (Å²) in [6.07, 6.45) is 3.62. The molecule has 1 fully saturated rings. The summed E-state index contributed by atoms with van der Waals surface area (Å²) in [6.45, 7) is 3.00. The van der Waals surface area contributed by atoms with Gasteiger partial charge in [0.1, 0.15) is 12.1 Å². The number of hydrogen-bond acceptors (Lipinski definition) is 4. The monoisotopic (exact) mass is 290 g/mol. The van der Waals surface area contributed by atoms with E-state index in [4.69, 9.17) is 9.52 Å². The van der Waals surface area contributed by atoms with Gasteiger partial charge >= 0.3 is 0 Å². The van der Waals surface area contributed by atoms with E-state index in [0.717, 1.165) is 38.2 Å². The number of aliphatic hydroxyl groups is 1. The molecule has 1 unspecified atom stereocenters. The van der Waals surface area contributed by atoms with Crippen LogP contribution < -0.4 is 0 Å². The van der Waals surface area contributed by atoms with Gasteiger partial charge in [-0.25, -0.2) is 9.37 Å². The Kier molecular flexibility index (Phi) is 4.31. The Balaban J connectivity index is 1.63. The third-order valence-electron chi connectivity index (χ3n) is 3.92. The molecule has 1 aliphatic heterocycles. The van der Waals surface area contributed by atoms with E-state index < -0.39 is 0 Å². The first-order valence-electron chi connectivity index (χ1n) is 7.28. The van der Waals surface area contributed by atoms with E-state index in [-0.39, 0.29) is 12.4 Å². The van der Waals surface area contributed by atoms with Gasteiger partial charge in [0.25, 0.3) is 0 Å². The molecular formula is C16H19FN2O2. The first-order chi connectivity index (χ1) is 10.2. The normalized spacial score (nSPS) is 19.2. The first kappa shape index (κ1) is 14.2. The molecular weight excluding hydrogens is 271 g/mol. The molecule has 1 aromatic heterocycles. The van der Waals surface area contributed by atoms with Crippen LogP contribution in [-0.2, 0) is 6.54 Å². The van der Waals surface area contributed by atoms with Crippen LogP contribution in [0.2, 0.25) is 0 Å². The molecule has 3 rings (SSSR count). The highest BCUT2D eigenvalue weighted by Gasteiger charge is 2.22. The van der Waals surface area contributed by atoms with E-state index in [0.29, 0.717) is 17.4 Å². The second-order valence-electron chi connectivity index (χ2n) is 5.56. The Morgan fingerprint density at radius 1 is 1.43 bits per heavy atom. The molecule has 21 heavy (non-hydrogen) atoms. The molecule has 0 saturated carbocycles. The van der Waals surface area contributed by atoms with Gasteiger partial charge in [-0.3, -0.25) is 4.90 Å². The summed E-state index contributed by atoms with van der Waals surface area (Å²) in [6, 6.07) is 6.25. The number of nitrogens with zero attached hydrogens (tertiary/aromatic N) is 2. The summed E-state index contributed by atoms with van der Waals surface area (Å²) in [5.74, 6) is 0.735. The lowest BCUT2D eigenvalue weighted by Gasteiger charge is -2.13. The Hall–Kier alpha value is -1.72. The Labute approximate surface area is 123 Å². The highest BCUT2D eigenvalue weighted by Crippen LogP contribution is 2.23. The van der Waals surface area contributed by atoms with E-state index in [1.807, 2.05) is 0 Å². The molecule has 4 nitrogen and oxygen atoms in total. The third-order valence-corrected chi connectivity index (χ3v) is 3.92. The zero-order valence-electron chi connectivity index (χ0n) is 11.8. The van der Waals surface area contributed by atoms with Crippen LogP contribution in [0.3, 0.4) is 0 Å². The molecule has 112 valence electrons. The smallest absolute Gasteiger partial charge is 0.226 e. The zero-order chi connectivity index (χ0) is 14.7. The van der Waals surface area contributed by atoms with Crippen LogP contribution in [0, 0.1) is 11.7 Å². The molecule has 1 aromatic carbocycles. The Bertz CT molecular complexity index is 599. The summed E-state index contributed by atoms with van der Waals surface area (Å²) in [5, 5.41) is 8.98. The van der Waals surface area contributed by atoms with Gasteiger partial charge in [-0.2, -0.15) is 0 Å². The van der Waals surface area contributed by atoms with Gasteiger partial charge in [0.05, 0.1) is 5.69 Å². The molecule has 1 atom stereocenters. The van der Waals surface area contributed by atoms with Crippen LogP contribution in [0.4, 0.5) is 4.39 Å². The molecule has 5 heteroatoms. The molecule has 0 amide bonds. The van der Waals surface area contributed by atoms with Gasteiger partial charge < -0.3 is 9.52 Å². The lowest BCUT2D eigenvalue weighted by atomic mass is 10.1. The summed E-state index contributed by atoms with van der Waals surface area (Å²) in [4.78, 5) is 6.74. The summed E-state index contributed by atoms with van der Waals surface area (Å²) >= 11 is 0. The van der Waals surface area contributed by atoms with Crippen LogP contribution in [-0.4, -0.2) is 34.7 Å². The van der Waals surface area contributed by atoms with Crippen LogP contribution in [0.1, 0.15) is 18.5 Å². The fourth-order valence-corrected chi connectivity index (χ4v) is 2.84. The molecule has 0 bridgehead atoms. The quantitative estimate of drug-likeness (QED) is 0.920. The van der Waals surface area contributed by atoms with Crippen LogP contribution in [0.15, 0.2) is 34.9 Å². The Morgan fingerprint density at radius 3 is 3.14 bits per heavy atom. The molecule has 1 aliphatic rings. The molecule has 1 N–H and O–H groups in total. The molecule has 0 radical (unpaired) electrons. The van der Waals surface area contributed by atoms with Crippen molar-refractivity contribution in [3.05, 3.63) is 42.0 Å². The lowest BCUT2D eigenvalue weighted by molar-refractivity contribution is 0.249. The minimum atomic E-state index is -0.293. The zero-order valence-corrected chi connectivity index (χ0v) is 11.8. The standard InChI is InChI=1S/C16H19FN2O2/c17-14-3-1-2-13(8-14)16-18-15(11-21-16)10-19-6-4-12(9-19)5-7-20/h1-3,8,11-12,20H,4-7,9-10H2. The average Bonchev–Trinajstić information content (AvgIpc) is 3.10. The van der Waals surface area contributed by atoms with E-state index in [9.17, 15) is 4.39 Å². The van der Waals surface area contributed by atoms with Crippen LogP contribution >= 0.6 is 0 Å². The van der Waals surface area contributed by atoms with Crippen molar-refractivity contribution >= 4 is 0 Å². The van der Waals surface area contributed by atoms with Gasteiger partial charge in [-0.05, 0) is 43.5 Å². The van der Waals surface area contributed by atoms with Crippen molar-refractivity contribution in [1.82, 2.24) is 9.88 Å². The fraction of sp³-hybridized carbons (Fsp3) is 0.438. The SMILES string of the molecule is OCCC1CCN(Cc2coc(-c3cccc(F)c3)n2)C1. The lowest BCUT2D eigenvalue weighted by Crippen LogP contribution is -2.20. The second-order valence-corrected chi connectivity index (χ2v) is 5.56. The maximum Gasteiger partial charge on any atom is 0.226 e. The van der Waals surface area contributed by atoms with Crippen molar-refractivity contribution in [2.75, 3.05) is 19.7 Å². The van der Waals surface area contributed by atoms with E-state index >= 15 is 0 Å². The highest BCUT2D eigenvalue weighted by atomic mass is 19.1. The van der Waals surface area contributed by atoms with Gasteiger partial charge in [0.2, 0.25) is 5.89 Å². The molecule has 2 heterocycles. The number of oxazole rings is 1. The number of aliphatic hydroxyl groups excluding tert-OH is 1. The summed E-state index contributed by atoms with van der Waals surface area (Å²) in [7, 11) is 0. The molecule has 1 saturated heterocycles. The highest BCUT2D eigenvalue weighted by molar-refractivity contribution is 5.52. The third kappa shape index (κ3) is 3.49. The largest absolute Gasteiger partial charge is 0.444 e. The van der Waals surface area contributed by atoms with Crippen LogP contribution in [0.5, 0.6) is 0 Å². The van der Waals surface area contributed by atoms with Gasteiger partial charge in [0, 0.05) is 25.3 Å². The van der Waals surface area contributed by atoms with Crippen molar-refractivity contribution in [2.45, 2.75) is 19.4 Å². The van der Waals surface area contributed by atoms with Gasteiger partial charge in [0.15, 0.2) is 0 Å². The molecule has 2 aromatic rings. The number of aromatic nitrogens is 1. The number of benzene rings is 1. The molecule has 0 aliphatic carbocycles.